The summed E-state index contributed by atoms with van der Waals surface area (Å²) >= 11 is 0. The molecule has 176 valence electrons. The van der Waals surface area contributed by atoms with Crippen molar-refractivity contribution in [2.45, 2.75) is 52.4 Å². The highest BCUT2D eigenvalue weighted by molar-refractivity contribution is 5.75. The van der Waals surface area contributed by atoms with Crippen molar-refractivity contribution in [1.82, 2.24) is 15.0 Å². The van der Waals surface area contributed by atoms with Crippen molar-refractivity contribution in [3.05, 3.63) is 0 Å². The fourth-order valence-corrected chi connectivity index (χ4v) is 2.67. The van der Waals surface area contributed by atoms with E-state index in [2.05, 4.69) is 54.3 Å². The van der Waals surface area contributed by atoms with E-state index < -0.39 is 0 Å². The van der Waals surface area contributed by atoms with Crippen LogP contribution >= 0.6 is 0 Å². The van der Waals surface area contributed by atoms with Gasteiger partial charge in [-0.25, -0.2) is 0 Å². The fourth-order valence-electron chi connectivity index (χ4n) is 2.67. The first-order valence-electron chi connectivity index (χ1n) is 11.1. The third-order valence-corrected chi connectivity index (χ3v) is 4.29. The summed E-state index contributed by atoms with van der Waals surface area (Å²) in [6, 6.07) is 0. The van der Waals surface area contributed by atoms with Crippen LogP contribution in [0.25, 0.3) is 0 Å². The van der Waals surface area contributed by atoms with Gasteiger partial charge in [-0.1, -0.05) is 26.7 Å². The van der Waals surface area contributed by atoms with Gasteiger partial charge >= 0.3 is 0 Å². The molecule has 0 spiro atoms. The summed E-state index contributed by atoms with van der Waals surface area (Å²) in [5, 5.41) is 6.59. The number of hydrogen-bond donors (Lipinski definition) is 6. The van der Waals surface area contributed by atoms with Crippen LogP contribution in [0.15, 0.2) is 9.98 Å². The number of guanidine groups is 2. The highest BCUT2D eigenvalue weighted by Gasteiger charge is 2.14. The summed E-state index contributed by atoms with van der Waals surface area (Å²) in [5.41, 5.74) is 21.7. The number of hydrogen-bond acceptors (Lipinski definition) is 8. The van der Waals surface area contributed by atoms with Crippen molar-refractivity contribution in [3.8, 4) is 0 Å². The first-order valence-corrected chi connectivity index (χ1v) is 11.1. The van der Waals surface area contributed by atoms with E-state index in [-0.39, 0.29) is 11.9 Å². The Kier molecular flexibility index (Phi) is 13.2. The molecule has 10 N–H and O–H groups in total. The van der Waals surface area contributed by atoms with Crippen molar-refractivity contribution in [1.29, 1.82) is 0 Å². The van der Waals surface area contributed by atoms with E-state index in [0.29, 0.717) is 44.0 Å². The molecular formula is C19H40N12. The van der Waals surface area contributed by atoms with Crippen molar-refractivity contribution in [2.75, 3.05) is 54.8 Å². The maximum absolute atomic E-state index is 5.43. The molecule has 1 aromatic heterocycles. The predicted octanol–water partition coefficient (Wildman–Crippen LogP) is 0.429. The van der Waals surface area contributed by atoms with Crippen LogP contribution < -0.4 is 38.5 Å². The van der Waals surface area contributed by atoms with Crippen molar-refractivity contribution in [2.24, 2.45) is 32.9 Å². The third kappa shape index (κ3) is 12.3. The molecule has 12 heteroatoms. The zero-order chi connectivity index (χ0) is 22.9. The van der Waals surface area contributed by atoms with Crippen LogP contribution in [0.2, 0.25) is 0 Å². The number of aromatic nitrogens is 3. The van der Waals surface area contributed by atoms with Crippen molar-refractivity contribution in [3.63, 3.8) is 0 Å². The molecule has 0 radical (unpaired) electrons. The van der Waals surface area contributed by atoms with Crippen LogP contribution in [0.5, 0.6) is 0 Å². The molecule has 0 bridgehead atoms. The summed E-state index contributed by atoms with van der Waals surface area (Å²) in [6.07, 6.45) is 5.77. The lowest BCUT2D eigenvalue weighted by Gasteiger charge is -2.23. The SMILES string of the molecule is CCCCNc1nc(NCCCC)nc(N(CCCN=C(N)N)CCCN=C(N)N)n1. The van der Waals surface area contributed by atoms with Gasteiger partial charge in [0.25, 0.3) is 0 Å². The Morgan fingerprint density at radius 3 is 1.58 bits per heavy atom. The van der Waals surface area contributed by atoms with Crippen molar-refractivity contribution < 1.29 is 0 Å². The Morgan fingerprint density at radius 1 is 0.742 bits per heavy atom. The molecule has 1 rings (SSSR count). The van der Waals surface area contributed by atoms with Gasteiger partial charge in [0.2, 0.25) is 17.8 Å². The average Bonchev–Trinajstić information content (AvgIpc) is 2.72. The highest BCUT2D eigenvalue weighted by Crippen LogP contribution is 2.15. The standard InChI is InChI=1S/C19H40N12/c1-3-5-9-26-17-28-18(27-10-6-4-2)30-19(29-17)31(13-7-11-24-15(20)21)14-8-12-25-16(22)23/h3-14H2,1-2H3,(H4,20,21,24)(H4,22,23,25)(H2,26,27,28,29,30). The van der Waals surface area contributed by atoms with E-state index >= 15 is 0 Å². The predicted molar refractivity (Wildman–Crippen MR) is 129 cm³/mol. The summed E-state index contributed by atoms with van der Waals surface area (Å²) in [4.78, 5) is 24.0. The molecule has 0 aliphatic heterocycles. The zero-order valence-corrected chi connectivity index (χ0v) is 19.0. The lowest BCUT2D eigenvalue weighted by molar-refractivity contribution is 0.683. The molecule has 0 amide bonds. The largest absolute Gasteiger partial charge is 0.370 e. The van der Waals surface area contributed by atoms with Gasteiger partial charge in [-0.15, -0.1) is 0 Å². The number of aliphatic imine (C=N–C) groups is 2. The molecule has 0 aromatic carbocycles. The monoisotopic (exact) mass is 436 g/mol. The summed E-state index contributed by atoms with van der Waals surface area (Å²) in [5.74, 6) is 1.91. The second kappa shape index (κ2) is 15.7. The molecule has 0 saturated heterocycles. The molecule has 1 heterocycles. The number of anilines is 3. The van der Waals surface area contributed by atoms with E-state index in [1.165, 1.54) is 0 Å². The second-order valence-electron chi connectivity index (χ2n) is 7.15. The molecule has 12 nitrogen and oxygen atoms in total. The Balaban J connectivity index is 2.99. The molecule has 0 fully saturated rings. The summed E-state index contributed by atoms with van der Waals surface area (Å²) in [7, 11) is 0. The van der Waals surface area contributed by atoms with E-state index in [0.717, 1.165) is 51.6 Å². The molecule has 1 aromatic rings. The topological polar surface area (TPSA) is 195 Å². The first-order chi connectivity index (χ1) is 15.0. The van der Waals surface area contributed by atoms with Gasteiger partial charge in [-0.3, -0.25) is 9.98 Å². The van der Waals surface area contributed by atoms with Crippen molar-refractivity contribution >= 4 is 29.8 Å². The molecule has 0 aliphatic carbocycles. The minimum absolute atomic E-state index is 0.0873. The van der Waals surface area contributed by atoms with E-state index in [1.54, 1.807) is 0 Å². The lowest BCUT2D eigenvalue weighted by Crippen LogP contribution is -2.30. The minimum Gasteiger partial charge on any atom is -0.370 e. The quantitative estimate of drug-likeness (QED) is 0.113. The first kappa shape index (κ1) is 26.0. The molecule has 0 unspecified atom stereocenters. The average molecular weight is 437 g/mol. The fraction of sp³-hybridized carbons (Fsp3) is 0.737. The highest BCUT2D eigenvalue weighted by atomic mass is 15.3. The lowest BCUT2D eigenvalue weighted by atomic mass is 10.3. The molecule has 0 atom stereocenters. The normalized spacial score (nSPS) is 10.4. The Bertz CT molecular complexity index is 616. The van der Waals surface area contributed by atoms with E-state index in [1.807, 2.05) is 0 Å². The number of unbranched alkanes of at least 4 members (excludes halogenated alkanes) is 2. The summed E-state index contributed by atoms with van der Waals surface area (Å²) < 4.78 is 0. The van der Waals surface area contributed by atoms with Gasteiger partial charge < -0.3 is 38.5 Å². The Labute approximate surface area is 185 Å². The number of nitrogens with two attached hydrogens (primary N) is 4. The molecule has 0 aliphatic rings. The van der Waals surface area contributed by atoms with Gasteiger partial charge in [0.05, 0.1) is 0 Å². The molecule has 0 saturated carbocycles. The number of nitrogens with zero attached hydrogens (tertiary/aromatic N) is 6. The molecular weight excluding hydrogens is 396 g/mol. The van der Waals surface area contributed by atoms with Gasteiger partial charge in [0, 0.05) is 39.3 Å². The van der Waals surface area contributed by atoms with Crippen LogP contribution in [-0.2, 0) is 0 Å². The van der Waals surface area contributed by atoms with Crippen LogP contribution in [0, 0.1) is 0 Å². The second-order valence-corrected chi connectivity index (χ2v) is 7.15. The minimum atomic E-state index is 0.0873. The zero-order valence-electron chi connectivity index (χ0n) is 19.0. The Morgan fingerprint density at radius 2 is 1.19 bits per heavy atom. The van der Waals surface area contributed by atoms with Gasteiger partial charge in [0.1, 0.15) is 0 Å². The van der Waals surface area contributed by atoms with Crippen LogP contribution in [0.3, 0.4) is 0 Å². The van der Waals surface area contributed by atoms with Gasteiger partial charge in [-0.2, -0.15) is 15.0 Å². The van der Waals surface area contributed by atoms with Crippen LogP contribution in [0.4, 0.5) is 17.8 Å². The van der Waals surface area contributed by atoms with Gasteiger partial charge in [-0.05, 0) is 25.7 Å². The number of rotatable bonds is 17. The smallest absolute Gasteiger partial charge is 0.231 e. The van der Waals surface area contributed by atoms with Crippen LogP contribution in [-0.4, -0.2) is 66.1 Å². The Hall–Kier alpha value is -3.05. The third-order valence-electron chi connectivity index (χ3n) is 4.29. The number of nitrogens with one attached hydrogen (secondary N) is 2. The van der Waals surface area contributed by atoms with Gasteiger partial charge in [0.15, 0.2) is 11.9 Å². The maximum Gasteiger partial charge on any atom is 0.231 e. The molecule has 31 heavy (non-hydrogen) atoms. The van der Waals surface area contributed by atoms with E-state index in [4.69, 9.17) is 22.9 Å². The maximum atomic E-state index is 5.43. The summed E-state index contributed by atoms with van der Waals surface area (Å²) in [6.45, 7) is 8.34. The van der Waals surface area contributed by atoms with Crippen LogP contribution in [0.1, 0.15) is 52.4 Å². The van der Waals surface area contributed by atoms with E-state index in [9.17, 15) is 0 Å².